The molecule has 0 aliphatic heterocycles. The van der Waals surface area contributed by atoms with Crippen LogP contribution in [-0.2, 0) is 9.59 Å². The van der Waals surface area contributed by atoms with Crippen molar-refractivity contribution in [2.75, 3.05) is 20.6 Å². The molecular formula is C10H21N3O3. The maximum absolute atomic E-state index is 11.4. The first-order valence-corrected chi connectivity index (χ1v) is 5.26. The summed E-state index contributed by atoms with van der Waals surface area (Å²) in [5.41, 5.74) is 5.54. The van der Waals surface area contributed by atoms with Crippen LogP contribution >= 0.6 is 0 Å². The maximum Gasteiger partial charge on any atom is 0.303 e. The molecule has 94 valence electrons. The van der Waals surface area contributed by atoms with Crippen LogP contribution in [0.3, 0.4) is 0 Å². The van der Waals surface area contributed by atoms with Crippen molar-refractivity contribution in [1.29, 1.82) is 0 Å². The molecule has 0 radical (unpaired) electrons. The third-order valence-corrected chi connectivity index (χ3v) is 2.46. The van der Waals surface area contributed by atoms with Crippen molar-refractivity contribution in [3.05, 3.63) is 0 Å². The third kappa shape index (κ3) is 6.36. The average molecular weight is 231 g/mol. The molecule has 0 aliphatic rings. The van der Waals surface area contributed by atoms with Crippen molar-refractivity contribution in [1.82, 2.24) is 10.2 Å². The predicted octanol–water partition coefficient (Wildman–Crippen LogP) is -0.755. The highest BCUT2D eigenvalue weighted by atomic mass is 16.4. The largest absolute Gasteiger partial charge is 0.481 e. The van der Waals surface area contributed by atoms with Crippen molar-refractivity contribution in [2.45, 2.75) is 31.8 Å². The Labute approximate surface area is 95.8 Å². The summed E-state index contributed by atoms with van der Waals surface area (Å²) in [5.74, 6) is -1.24. The molecule has 2 unspecified atom stereocenters. The zero-order valence-corrected chi connectivity index (χ0v) is 10.1. The van der Waals surface area contributed by atoms with E-state index in [1.807, 2.05) is 25.9 Å². The Morgan fingerprint density at radius 2 is 2.00 bits per heavy atom. The van der Waals surface area contributed by atoms with E-state index < -0.39 is 12.0 Å². The number of carbonyl (C=O) groups excluding carboxylic acids is 1. The van der Waals surface area contributed by atoms with Gasteiger partial charge >= 0.3 is 5.97 Å². The Bertz CT molecular complexity index is 243. The summed E-state index contributed by atoms with van der Waals surface area (Å²) in [6, 6.07) is -0.527. The summed E-state index contributed by atoms with van der Waals surface area (Å²) in [5, 5.41) is 11.1. The molecule has 0 saturated carbocycles. The van der Waals surface area contributed by atoms with E-state index in [1.165, 1.54) is 0 Å². The summed E-state index contributed by atoms with van der Waals surface area (Å²) < 4.78 is 0. The molecule has 0 aromatic heterocycles. The lowest BCUT2D eigenvalue weighted by Crippen LogP contribution is -2.45. The quantitative estimate of drug-likeness (QED) is 0.535. The molecule has 6 heteroatoms. The average Bonchev–Trinajstić information content (AvgIpc) is 2.21. The van der Waals surface area contributed by atoms with Crippen LogP contribution in [0.4, 0.5) is 0 Å². The lowest BCUT2D eigenvalue weighted by Gasteiger charge is -2.21. The standard InChI is InChI=1S/C10H21N3O3/c1-7(13(2)3)6-12-10(16)8(11)4-5-9(14)15/h7-8H,4-6,11H2,1-3H3,(H,12,16)(H,14,15). The van der Waals surface area contributed by atoms with Gasteiger partial charge in [-0.05, 0) is 27.4 Å². The smallest absolute Gasteiger partial charge is 0.303 e. The number of hydrogen-bond acceptors (Lipinski definition) is 4. The van der Waals surface area contributed by atoms with Crippen LogP contribution < -0.4 is 11.1 Å². The van der Waals surface area contributed by atoms with Gasteiger partial charge in [0.1, 0.15) is 0 Å². The second-order valence-electron chi connectivity index (χ2n) is 4.10. The molecule has 0 aromatic rings. The van der Waals surface area contributed by atoms with Crippen LogP contribution in [0.25, 0.3) is 0 Å². The van der Waals surface area contributed by atoms with Crippen LogP contribution in [0.2, 0.25) is 0 Å². The van der Waals surface area contributed by atoms with Crippen LogP contribution in [0, 0.1) is 0 Å². The monoisotopic (exact) mass is 231 g/mol. The molecule has 0 saturated heterocycles. The molecule has 0 rings (SSSR count). The summed E-state index contributed by atoms with van der Waals surface area (Å²) in [6.07, 6.45) is 0.0787. The number of rotatable bonds is 7. The van der Waals surface area contributed by atoms with Gasteiger partial charge in [0.05, 0.1) is 6.04 Å². The summed E-state index contributed by atoms with van der Waals surface area (Å²) >= 11 is 0. The Morgan fingerprint density at radius 3 is 2.44 bits per heavy atom. The molecule has 6 nitrogen and oxygen atoms in total. The van der Waals surface area contributed by atoms with Gasteiger partial charge in [-0.2, -0.15) is 0 Å². The molecule has 0 heterocycles. The molecule has 2 atom stereocenters. The van der Waals surface area contributed by atoms with E-state index in [-0.39, 0.29) is 24.8 Å². The number of carboxylic acid groups (broad SMARTS) is 1. The minimum Gasteiger partial charge on any atom is -0.481 e. The van der Waals surface area contributed by atoms with Gasteiger partial charge in [-0.3, -0.25) is 9.59 Å². The van der Waals surface area contributed by atoms with Crippen molar-refractivity contribution in [2.24, 2.45) is 5.73 Å². The normalized spacial score (nSPS) is 14.6. The molecular weight excluding hydrogens is 210 g/mol. The number of nitrogens with zero attached hydrogens (tertiary/aromatic N) is 1. The lowest BCUT2D eigenvalue weighted by atomic mass is 10.1. The zero-order valence-electron chi connectivity index (χ0n) is 10.1. The number of nitrogens with two attached hydrogens (primary N) is 1. The molecule has 16 heavy (non-hydrogen) atoms. The van der Waals surface area contributed by atoms with Gasteiger partial charge in [-0.15, -0.1) is 0 Å². The van der Waals surface area contributed by atoms with Gasteiger partial charge in [-0.1, -0.05) is 0 Å². The molecule has 0 bridgehead atoms. The minimum absolute atomic E-state index is 0.0855. The van der Waals surface area contributed by atoms with Crippen LogP contribution in [0.5, 0.6) is 0 Å². The summed E-state index contributed by atoms with van der Waals surface area (Å²) in [4.78, 5) is 23.7. The van der Waals surface area contributed by atoms with Gasteiger partial charge in [0.2, 0.25) is 5.91 Å². The SMILES string of the molecule is CC(CNC(=O)C(N)CCC(=O)O)N(C)C. The van der Waals surface area contributed by atoms with E-state index in [4.69, 9.17) is 10.8 Å². The molecule has 0 aliphatic carbocycles. The third-order valence-electron chi connectivity index (χ3n) is 2.46. The Balaban J connectivity index is 3.83. The second-order valence-corrected chi connectivity index (χ2v) is 4.10. The number of carboxylic acids is 1. The number of carbonyl (C=O) groups is 2. The Morgan fingerprint density at radius 1 is 1.44 bits per heavy atom. The fourth-order valence-corrected chi connectivity index (χ4v) is 0.972. The highest BCUT2D eigenvalue weighted by Gasteiger charge is 2.15. The fraction of sp³-hybridized carbons (Fsp3) is 0.800. The topological polar surface area (TPSA) is 95.7 Å². The Hall–Kier alpha value is -1.14. The van der Waals surface area contributed by atoms with Gasteiger partial charge < -0.3 is 21.1 Å². The first-order chi connectivity index (χ1) is 7.34. The number of aliphatic carboxylic acids is 1. The van der Waals surface area contributed by atoms with Crippen molar-refractivity contribution in [3.8, 4) is 0 Å². The van der Waals surface area contributed by atoms with Crippen molar-refractivity contribution >= 4 is 11.9 Å². The summed E-state index contributed by atoms with van der Waals surface area (Å²) in [6.45, 7) is 2.48. The zero-order chi connectivity index (χ0) is 12.7. The van der Waals surface area contributed by atoms with E-state index in [1.54, 1.807) is 0 Å². The predicted molar refractivity (Wildman–Crippen MR) is 61.0 cm³/mol. The number of hydrogen-bond donors (Lipinski definition) is 3. The van der Waals surface area contributed by atoms with Gasteiger partial charge in [-0.25, -0.2) is 0 Å². The first kappa shape index (κ1) is 14.9. The molecule has 0 fully saturated rings. The summed E-state index contributed by atoms with van der Waals surface area (Å²) in [7, 11) is 3.84. The maximum atomic E-state index is 11.4. The van der Waals surface area contributed by atoms with E-state index in [9.17, 15) is 9.59 Å². The molecule has 4 N–H and O–H groups in total. The van der Waals surface area contributed by atoms with Crippen LogP contribution in [0.15, 0.2) is 0 Å². The lowest BCUT2D eigenvalue weighted by molar-refractivity contribution is -0.137. The van der Waals surface area contributed by atoms with E-state index in [2.05, 4.69) is 5.32 Å². The molecule has 0 aromatic carbocycles. The minimum atomic E-state index is -0.940. The Kier molecular flexibility index (Phi) is 6.67. The highest BCUT2D eigenvalue weighted by molar-refractivity contribution is 5.82. The van der Waals surface area contributed by atoms with E-state index in [0.29, 0.717) is 6.54 Å². The fourth-order valence-electron chi connectivity index (χ4n) is 0.972. The highest BCUT2D eigenvalue weighted by Crippen LogP contribution is 1.95. The number of likely N-dealkylation sites (N-methyl/N-ethyl adjacent to an activating group) is 1. The number of amides is 1. The van der Waals surface area contributed by atoms with Gasteiger partial charge in [0.15, 0.2) is 0 Å². The molecule has 1 amide bonds. The second kappa shape index (κ2) is 7.19. The number of nitrogens with one attached hydrogen (secondary N) is 1. The van der Waals surface area contributed by atoms with Gasteiger partial charge in [0.25, 0.3) is 0 Å². The van der Waals surface area contributed by atoms with E-state index >= 15 is 0 Å². The van der Waals surface area contributed by atoms with Crippen LogP contribution in [-0.4, -0.2) is 54.6 Å². The first-order valence-electron chi connectivity index (χ1n) is 5.26. The molecule has 0 spiro atoms. The van der Waals surface area contributed by atoms with E-state index in [0.717, 1.165) is 0 Å². The van der Waals surface area contributed by atoms with Gasteiger partial charge in [0, 0.05) is 19.0 Å². The van der Waals surface area contributed by atoms with Crippen LogP contribution in [0.1, 0.15) is 19.8 Å². The van der Waals surface area contributed by atoms with Crippen molar-refractivity contribution < 1.29 is 14.7 Å². The van der Waals surface area contributed by atoms with Crippen molar-refractivity contribution in [3.63, 3.8) is 0 Å².